The minimum absolute atomic E-state index is 0.235. The maximum Gasteiger partial charge on any atom is 0.261 e. The molecule has 2 atom stereocenters. The van der Waals surface area contributed by atoms with Gasteiger partial charge in [0.05, 0.1) is 0 Å². The molecular weight excluding hydrogens is 430 g/mol. The van der Waals surface area contributed by atoms with E-state index in [2.05, 4.69) is 26.2 Å². The molecule has 140 valence electrons. The number of hydrogen-bond acceptors (Lipinski definition) is 3. The number of carbonyl (C=O) groups is 1. The molecule has 1 amide bonds. The Hall–Kier alpha value is -2.31. The molecular formula is C20H19BrClN3O2. The van der Waals surface area contributed by atoms with Crippen molar-refractivity contribution in [2.45, 2.75) is 19.1 Å². The van der Waals surface area contributed by atoms with Crippen molar-refractivity contribution in [2.24, 2.45) is 7.05 Å². The maximum absolute atomic E-state index is 12.8. The molecule has 0 spiro atoms. The topological polar surface area (TPSA) is 56.1 Å². The van der Waals surface area contributed by atoms with Gasteiger partial charge in [-0.2, -0.15) is 0 Å². The first-order valence-electron chi connectivity index (χ1n) is 8.39. The minimum atomic E-state index is -0.666. The van der Waals surface area contributed by atoms with Gasteiger partial charge in [0.2, 0.25) is 0 Å². The van der Waals surface area contributed by atoms with Gasteiger partial charge in [0.1, 0.15) is 17.6 Å². The summed E-state index contributed by atoms with van der Waals surface area (Å²) in [6.07, 6.45) is 2.87. The number of benzene rings is 2. The van der Waals surface area contributed by atoms with Gasteiger partial charge in [-0.1, -0.05) is 39.7 Å². The summed E-state index contributed by atoms with van der Waals surface area (Å²) in [5, 5.41) is 3.66. The Morgan fingerprint density at radius 3 is 2.44 bits per heavy atom. The summed E-state index contributed by atoms with van der Waals surface area (Å²) >= 11 is 9.38. The number of ether oxygens (including phenoxy) is 1. The van der Waals surface area contributed by atoms with Crippen molar-refractivity contribution >= 4 is 33.4 Å². The van der Waals surface area contributed by atoms with E-state index in [1.54, 1.807) is 25.3 Å². The van der Waals surface area contributed by atoms with E-state index in [-0.39, 0.29) is 5.91 Å². The zero-order chi connectivity index (χ0) is 19.4. The second-order valence-corrected chi connectivity index (χ2v) is 7.46. The van der Waals surface area contributed by atoms with Crippen LogP contribution in [0.5, 0.6) is 5.75 Å². The number of hydrogen-bond donors (Lipinski definition) is 1. The standard InChI is InChI=1S/C20H19BrClN3O2/c1-13(27-17-9-5-15(21)6-10-17)20(26)24-18(19-23-11-12-25(19)2)14-3-7-16(22)8-4-14/h3-13,18H,1-2H3,(H,24,26). The quantitative estimate of drug-likeness (QED) is 0.604. The number of aromatic nitrogens is 2. The first kappa shape index (κ1) is 19.5. The fourth-order valence-electron chi connectivity index (χ4n) is 2.64. The van der Waals surface area contributed by atoms with Crippen LogP contribution < -0.4 is 10.1 Å². The van der Waals surface area contributed by atoms with Crippen molar-refractivity contribution in [2.75, 3.05) is 0 Å². The van der Waals surface area contributed by atoms with Gasteiger partial charge in [0.25, 0.3) is 5.91 Å². The van der Waals surface area contributed by atoms with Crippen LogP contribution in [0.1, 0.15) is 24.4 Å². The summed E-state index contributed by atoms with van der Waals surface area (Å²) < 4.78 is 8.58. The summed E-state index contributed by atoms with van der Waals surface area (Å²) in [6, 6.07) is 14.3. The average molecular weight is 449 g/mol. The monoisotopic (exact) mass is 447 g/mol. The summed E-state index contributed by atoms with van der Waals surface area (Å²) in [7, 11) is 1.89. The fraction of sp³-hybridized carbons (Fsp3) is 0.200. The van der Waals surface area contributed by atoms with E-state index >= 15 is 0 Å². The van der Waals surface area contributed by atoms with Gasteiger partial charge in [-0.15, -0.1) is 0 Å². The molecule has 1 heterocycles. The van der Waals surface area contributed by atoms with Gasteiger partial charge in [0, 0.05) is 28.9 Å². The highest BCUT2D eigenvalue weighted by atomic mass is 79.9. The molecule has 2 unspecified atom stereocenters. The molecule has 2 aromatic carbocycles. The third-order valence-corrected chi connectivity index (χ3v) is 4.88. The van der Waals surface area contributed by atoms with E-state index in [4.69, 9.17) is 16.3 Å². The van der Waals surface area contributed by atoms with Gasteiger partial charge < -0.3 is 14.6 Å². The van der Waals surface area contributed by atoms with Crippen LogP contribution in [0.3, 0.4) is 0 Å². The number of carbonyl (C=O) groups excluding carboxylic acids is 1. The molecule has 1 N–H and O–H groups in total. The third kappa shape index (κ3) is 4.90. The van der Waals surface area contributed by atoms with Gasteiger partial charge in [-0.25, -0.2) is 4.98 Å². The van der Waals surface area contributed by atoms with E-state index in [0.717, 1.165) is 15.9 Å². The summed E-state index contributed by atoms with van der Waals surface area (Å²) in [6.45, 7) is 1.72. The van der Waals surface area contributed by atoms with E-state index in [0.29, 0.717) is 10.8 Å². The van der Waals surface area contributed by atoms with Crippen LogP contribution in [-0.2, 0) is 11.8 Å². The predicted octanol–water partition coefficient (Wildman–Crippen LogP) is 4.51. The molecule has 0 fully saturated rings. The van der Waals surface area contributed by atoms with Crippen LogP contribution in [0, 0.1) is 0 Å². The zero-order valence-electron chi connectivity index (χ0n) is 14.9. The number of rotatable bonds is 6. The molecule has 0 aliphatic carbocycles. The number of nitrogens with one attached hydrogen (secondary N) is 1. The van der Waals surface area contributed by atoms with Crippen LogP contribution in [0.25, 0.3) is 0 Å². The van der Waals surface area contributed by atoms with Gasteiger partial charge in [-0.05, 0) is 48.9 Å². The van der Waals surface area contributed by atoms with Gasteiger partial charge in [-0.3, -0.25) is 4.79 Å². The second kappa shape index (κ2) is 8.59. The highest BCUT2D eigenvalue weighted by Crippen LogP contribution is 2.23. The Morgan fingerprint density at radius 1 is 1.19 bits per heavy atom. The number of aryl methyl sites for hydroxylation is 1. The Bertz CT molecular complexity index is 910. The summed E-state index contributed by atoms with van der Waals surface area (Å²) in [5.74, 6) is 1.11. The number of nitrogens with zero attached hydrogens (tertiary/aromatic N) is 2. The molecule has 3 rings (SSSR count). The van der Waals surface area contributed by atoms with Crippen molar-refractivity contribution in [3.05, 3.63) is 81.8 Å². The molecule has 0 aliphatic heterocycles. The molecule has 0 radical (unpaired) electrons. The van der Waals surface area contributed by atoms with Crippen molar-refractivity contribution < 1.29 is 9.53 Å². The lowest BCUT2D eigenvalue weighted by Gasteiger charge is -2.22. The van der Waals surface area contributed by atoms with Crippen LogP contribution >= 0.6 is 27.5 Å². The lowest BCUT2D eigenvalue weighted by molar-refractivity contribution is -0.127. The minimum Gasteiger partial charge on any atom is -0.481 e. The molecule has 0 aliphatic rings. The molecule has 0 saturated heterocycles. The number of amides is 1. The fourth-order valence-corrected chi connectivity index (χ4v) is 3.03. The Labute approximate surface area is 171 Å². The highest BCUT2D eigenvalue weighted by molar-refractivity contribution is 9.10. The van der Waals surface area contributed by atoms with Gasteiger partial charge >= 0.3 is 0 Å². The number of halogens is 2. The molecule has 0 bridgehead atoms. The van der Waals surface area contributed by atoms with E-state index in [1.165, 1.54) is 0 Å². The molecule has 7 heteroatoms. The van der Waals surface area contributed by atoms with E-state index < -0.39 is 12.1 Å². The molecule has 3 aromatic rings. The lowest BCUT2D eigenvalue weighted by atomic mass is 10.1. The normalized spacial score (nSPS) is 13.0. The first-order valence-corrected chi connectivity index (χ1v) is 9.56. The maximum atomic E-state index is 12.8. The van der Waals surface area contributed by atoms with E-state index in [9.17, 15) is 4.79 Å². The average Bonchev–Trinajstić information content (AvgIpc) is 3.08. The summed E-state index contributed by atoms with van der Waals surface area (Å²) in [4.78, 5) is 17.2. The number of imidazole rings is 1. The van der Waals surface area contributed by atoms with Crippen molar-refractivity contribution in [1.29, 1.82) is 0 Å². The highest BCUT2D eigenvalue weighted by Gasteiger charge is 2.24. The first-order chi connectivity index (χ1) is 12.9. The van der Waals surface area contributed by atoms with Crippen LogP contribution in [0.15, 0.2) is 65.4 Å². The SMILES string of the molecule is CC(Oc1ccc(Br)cc1)C(=O)NC(c1ccc(Cl)cc1)c1nccn1C. The van der Waals surface area contributed by atoms with Crippen LogP contribution in [-0.4, -0.2) is 21.6 Å². The zero-order valence-corrected chi connectivity index (χ0v) is 17.2. The van der Waals surface area contributed by atoms with Crippen molar-refractivity contribution in [1.82, 2.24) is 14.9 Å². The van der Waals surface area contributed by atoms with Crippen LogP contribution in [0.4, 0.5) is 0 Å². The largest absolute Gasteiger partial charge is 0.481 e. The van der Waals surface area contributed by atoms with Gasteiger partial charge in [0.15, 0.2) is 6.10 Å². The molecule has 27 heavy (non-hydrogen) atoms. The second-order valence-electron chi connectivity index (χ2n) is 6.10. The molecule has 0 saturated carbocycles. The van der Waals surface area contributed by atoms with Crippen molar-refractivity contribution in [3.8, 4) is 5.75 Å². The predicted molar refractivity (Wildman–Crippen MR) is 109 cm³/mol. The van der Waals surface area contributed by atoms with E-state index in [1.807, 2.05) is 54.2 Å². The lowest BCUT2D eigenvalue weighted by Crippen LogP contribution is -2.39. The van der Waals surface area contributed by atoms with Crippen LogP contribution in [0.2, 0.25) is 5.02 Å². The van der Waals surface area contributed by atoms with Crippen molar-refractivity contribution in [3.63, 3.8) is 0 Å². The smallest absolute Gasteiger partial charge is 0.261 e. The third-order valence-electron chi connectivity index (χ3n) is 4.10. The Kier molecular flexibility index (Phi) is 6.19. The molecule has 1 aromatic heterocycles. The molecule has 5 nitrogen and oxygen atoms in total. The Morgan fingerprint density at radius 2 is 1.85 bits per heavy atom. The summed E-state index contributed by atoms with van der Waals surface area (Å²) in [5.41, 5.74) is 0.887. The Balaban J connectivity index is 1.78.